The van der Waals surface area contributed by atoms with Crippen LogP contribution in [0, 0.1) is 5.92 Å². The van der Waals surface area contributed by atoms with Crippen molar-refractivity contribution in [1.29, 1.82) is 0 Å². The summed E-state index contributed by atoms with van der Waals surface area (Å²) in [7, 11) is 0. The molecule has 0 aliphatic rings. The minimum atomic E-state index is 0. The van der Waals surface area contributed by atoms with Crippen molar-refractivity contribution in [3.63, 3.8) is 0 Å². The van der Waals surface area contributed by atoms with Crippen molar-refractivity contribution in [3.05, 3.63) is 0 Å². The van der Waals surface area contributed by atoms with Crippen LogP contribution in [0.25, 0.3) is 0 Å². The fourth-order valence-electron chi connectivity index (χ4n) is 0. The van der Waals surface area contributed by atoms with Crippen LogP contribution in [0.3, 0.4) is 0 Å². The summed E-state index contributed by atoms with van der Waals surface area (Å²) in [6.45, 7) is 4.55. The summed E-state index contributed by atoms with van der Waals surface area (Å²) in [5.41, 5.74) is 0. The molecular formula is C4H13Cl2In. The molecule has 0 aromatic rings. The van der Waals surface area contributed by atoms with E-state index in [9.17, 15) is 0 Å². The first-order valence-electron chi connectivity index (χ1n) is 2.27. The molecule has 0 fully saturated rings. The Labute approximate surface area is 72.8 Å². The molecule has 0 aromatic carbocycles. The van der Waals surface area contributed by atoms with Crippen molar-refractivity contribution in [2.75, 3.05) is 0 Å². The Morgan fingerprint density at radius 1 is 1.29 bits per heavy atom. The Bertz CT molecular complexity index is 23.7. The number of halogens is 2. The third-order valence-corrected chi connectivity index (χ3v) is 5.48. The van der Waals surface area contributed by atoms with Gasteiger partial charge in [0, 0.05) is 0 Å². The first-order valence-corrected chi connectivity index (χ1v) is 6.31. The van der Waals surface area contributed by atoms with E-state index in [2.05, 4.69) is 13.8 Å². The summed E-state index contributed by atoms with van der Waals surface area (Å²) < 4.78 is 1.52. The Balaban J connectivity index is -0.0000000800. The zero-order valence-electron chi connectivity index (χ0n) is 5.10. The Morgan fingerprint density at radius 2 is 1.43 bits per heavy atom. The first kappa shape index (κ1) is 15.8. The monoisotopic (exact) mass is 246 g/mol. The van der Waals surface area contributed by atoms with Crippen LogP contribution in [0.2, 0.25) is 4.18 Å². The summed E-state index contributed by atoms with van der Waals surface area (Å²) in [5, 5.41) is 0. The van der Waals surface area contributed by atoms with Gasteiger partial charge < -0.3 is 0 Å². The van der Waals surface area contributed by atoms with Crippen LogP contribution in [0.1, 0.15) is 13.8 Å². The van der Waals surface area contributed by atoms with Crippen LogP contribution in [0.4, 0.5) is 0 Å². The quantitative estimate of drug-likeness (QED) is 0.659. The molecule has 0 aromatic heterocycles. The second kappa shape index (κ2) is 10.4. The molecule has 7 heavy (non-hydrogen) atoms. The predicted molar refractivity (Wildman–Crippen MR) is 42.7 cm³/mol. The van der Waals surface area contributed by atoms with Crippen molar-refractivity contribution >= 4 is 49.2 Å². The summed E-state index contributed by atoms with van der Waals surface area (Å²) >= 11 is 0.951. The maximum atomic E-state index is 2.27. The van der Waals surface area contributed by atoms with Gasteiger partial charge in [0.05, 0.1) is 0 Å². The number of hydrogen-bond donors (Lipinski definition) is 0. The van der Waals surface area contributed by atoms with Gasteiger partial charge in [-0.3, -0.25) is 0 Å². The molecule has 0 rings (SSSR count). The molecule has 0 bridgehead atoms. The molecule has 0 radical (unpaired) electrons. The molecule has 0 saturated carbocycles. The first-order chi connectivity index (χ1) is 2.27. The molecule has 0 spiro atoms. The van der Waals surface area contributed by atoms with Gasteiger partial charge >= 0.3 is 48.3 Å². The second-order valence-electron chi connectivity index (χ2n) is 1.80. The molecular weight excluding hydrogens is 234 g/mol. The van der Waals surface area contributed by atoms with E-state index >= 15 is 0 Å². The summed E-state index contributed by atoms with van der Waals surface area (Å²) in [5.74, 6) is 0.978. The minimum absolute atomic E-state index is 0. The fourth-order valence-corrected chi connectivity index (χ4v) is 0. The van der Waals surface area contributed by atoms with Crippen LogP contribution in [-0.2, 0) is 0 Å². The maximum absolute atomic E-state index is 2.27. The zero-order chi connectivity index (χ0) is 4.28. The van der Waals surface area contributed by atoms with Gasteiger partial charge in [0.15, 0.2) is 0 Å². The second-order valence-corrected chi connectivity index (χ2v) is 4.13. The van der Waals surface area contributed by atoms with E-state index in [1.165, 1.54) is 4.18 Å². The van der Waals surface area contributed by atoms with Gasteiger partial charge in [-0.25, -0.2) is 0 Å². The normalized spacial score (nSPS) is 6.71. The molecule has 0 atom stereocenters. The number of rotatable bonds is 1. The van der Waals surface area contributed by atoms with Crippen LogP contribution < -0.4 is 0 Å². The van der Waals surface area contributed by atoms with Crippen LogP contribution in [0.15, 0.2) is 0 Å². The summed E-state index contributed by atoms with van der Waals surface area (Å²) in [6, 6.07) is 0. The molecule has 0 unspecified atom stereocenters. The Hall–Kier alpha value is 1.45. The van der Waals surface area contributed by atoms with Crippen molar-refractivity contribution in [3.8, 4) is 0 Å². The molecule has 46 valence electrons. The third-order valence-electron chi connectivity index (χ3n) is 0.816. The van der Waals surface area contributed by atoms with Gasteiger partial charge in [-0.05, 0) is 0 Å². The molecule has 3 heteroatoms. The molecule has 0 aliphatic carbocycles. The van der Waals surface area contributed by atoms with Gasteiger partial charge in [0.1, 0.15) is 0 Å². The summed E-state index contributed by atoms with van der Waals surface area (Å²) in [6.07, 6.45) is 0. The van der Waals surface area contributed by atoms with Gasteiger partial charge in [-0.1, -0.05) is 0 Å². The average molecular weight is 247 g/mol. The van der Waals surface area contributed by atoms with E-state index in [4.69, 9.17) is 0 Å². The smallest absolute Gasteiger partial charge is 0.147 e. The van der Waals surface area contributed by atoms with E-state index < -0.39 is 0 Å². The molecule has 0 amide bonds. The molecule has 0 saturated heterocycles. The van der Waals surface area contributed by atoms with E-state index in [0.29, 0.717) is 0 Å². The maximum Gasteiger partial charge on any atom is -0.147 e. The van der Waals surface area contributed by atoms with E-state index in [-0.39, 0.29) is 24.8 Å². The van der Waals surface area contributed by atoms with Crippen molar-refractivity contribution in [2.24, 2.45) is 5.92 Å². The van der Waals surface area contributed by atoms with Crippen molar-refractivity contribution in [2.45, 2.75) is 18.0 Å². The topological polar surface area (TPSA) is 0 Å². The standard InChI is InChI=1S/C4H9.2ClH.In.2H/c1-4(2)3;;;;;/h4H,1H2,2-3H3;2*1H;;;. The van der Waals surface area contributed by atoms with E-state index in [0.717, 1.165) is 30.3 Å². The fraction of sp³-hybridized carbons (Fsp3) is 1.00. The SMILES string of the molecule is CC(C)[CH2][InH2].Cl.Cl. The predicted octanol–water partition coefficient (Wildman–Crippen LogP) is 1.54. The third kappa shape index (κ3) is 18.6. The summed E-state index contributed by atoms with van der Waals surface area (Å²) in [4.78, 5) is 0. The Kier molecular flexibility index (Phi) is 23.5. The minimum Gasteiger partial charge on any atom is -0.147 e. The number of hydrogen-bond acceptors (Lipinski definition) is 0. The van der Waals surface area contributed by atoms with E-state index in [1.54, 1.807) is 0 Å². The van der Waals surface area contributed by atoms with Crippen LogP contribution in [-0.4, -0.2) is 24.4 Å². The van der Waals surface area contributed by atoms with Crippen LogP contribution >= 0.6 is 24.8 Å². The Morgan fingerprint density at radius 3 is 1.43 bits per heavy atom. The van der Waals surface area contributed by atoms with Crippen LogP contribution in [0.5, 0.6) is 0 Å². The largest absolute Gasteiger partial charge is 0.147 e. The molecule has 0 aliphatic heterocycles. The van der Waals surface area contributed by atoms with Gasteiger partial charge in [0.2, 0.25) is 0 Å². The van der Waals surface area contributed by atoms with Gasteiger partial charge in [0.25, 0.3) is 0 Å². The molecule has 0 nitrogen and oxygen atoms in total. The zero-order valence-corrected chi connectivity index (χ0v) is 12.4. The molecule has 0 N–H and O–H groups in total. The molecule has 0 heterocycles. The van der Waals surface area contributed by atoms with Gasteiger partial charge in [-0.15, -0.1) is 24.8 Å². The average Bonchev–Trinajstić information content (AvgIpc) is 1.38. The van der Waals surface area contributed by atoms with Gasteiger partial charge in [-0.2, -0.15) is 0 Å². The van der Waals surface area contributed by atoms with Crippen molar-refractivity contribution < 1.29 is 0 Å². The van der Waals surface area contributed by atoms with E-state index in [1.807, 2.05) is 0 Å². The van der Waals surface area contributed by atoms with Crippen molar-refractivity contribution in [1.82, 2.24) is 0 Å².